The highest BCUT2D eigenvalue weighted by Gasteiger charge is 2.14. The lowest BCUT2D eigenvalue weighted by molar-refractivity contribution is 0.103. The number of hydrogen-bond acceptors (Lipinski definition) is 2. The lowest BCUT2D eigenvalue weighted by atomic mass is 10.0. The Hall–Kier alpha value is -1.87. The molecule has 2 nitrogen and oxygen atoms in total. The molecule has 0 heterocycles. The molecule has 0 bridgehead atoms. The van der Waals surface area contributed by atoms with Gasteiger partial charge in [0, 0.05) is 10.6 Å². The molecule has 2 aromatic carbocycles. The fourth-order valence-electron chi connectivity index (χ4n) is 1.59. The molecule has 0 saturated carbocycles. The molecule has 0 aliphatic rings. The van der Waals surface area contributed by atoms with Gasteiger partial charge in [0.15, 0.2) is 5.78 Å². The normalized spacial score (nSPS) is 10.2. The number of ketones is 1. The first-order chi connectivity index (χ1) is 8.61. The minimum absolute atomic E-state index is 0.0456. The van der Waals surface area contributed by atoms with E-state index in [9.17, 15) is 9.18 Å². The van der Waals surface area contributed by atoms with E-state index in [2.05, 4.69) is 0 Å². The van der Waals surface area contributed by atoms with Gasteiger partial charge in [0.25, 0.3) is 0 Å². The molecule has 0 fully saturated rings. The van der Waals surface area contributed by atoms with Crippen LogP contribution in [0, 0.1) is 5.82 Å². The number of carbonyl (C=O) groups excluding carboxylic acids is 1. The molecule has 0 N–H and O–H groups in total. The number of carbonyl (C=O) groups is 1. The third-order valence-electron chi connectivity index (χ3n) is 2.50. The largest absolute Gasteiger partial charge is 0.497 e. The van der Waals surface area contributed by atoms with Gasteiger partial charge in [-0.3, -0.25) is 4.79 Å². The Morgan fingerprint density at radius 1 is 1.22 bits per heavy atom. The molecule has 0 radical (unpaired) electrons. The van der Waals surface area contributed by atoms with Crippen molar-refractivity contribution in [2.75, 3.05) is 7.11 Å². The Morgan fingerprint density at radius 3 is 2.72 bits per heavy atom. The number of benzene rings is 2. The van der Waals surface area contributed by atoms with Crippen molar-refractivity contribution in [1.82, 2.24) is 0 Å². The average molecular weight is 265 g/mol. The van der Waals surface area contributed by atoms with E-state index in [1.807, 2.05) is 0 Å². The van der Waals surface area contributed by atoms with E-state index < -0.39 is 11.6 Å². The zero-order valence-corrected chi connectivity index (χ0v) is 10.4. The maximum atomic E-state index is 13.6. The molecule has 0 aromatic heterocycles. The smallest absolute Gasteiger partial charge is 0.196 e. The second-order valence-electron chi connectivity index (χ2n) is 3.69. The molecule has 2 rings (SSSR count). The Kier molecular flexibility index (Phi) is 3.63. The molecule has 18 heavy (non-hydrogen) atoms. The van der Waals surface area contributed by atoms with Gasteiger partial charge in [0.1, 0.15) is 11.6 Å². The van der Waals surface area contributed by atoms with E-state index >= 15 is 0 Å². The second-order valence-corrected chi connectivity index (χ2v) is 4.12. The second kappa shape index (κ2) is 5.19. The van der Waals surface area contributed by atoms with Crippen LogP contribution < -0.4 is 4.74 Å². The summed E-state index contributed by atoms with van der Waals surface area (Å²) in [7, 11) is 1.50. The van der Waals surface area contributed by atoms with Crippen molar-refractivity contribution < 1.29 is 13.9 Å². The van der Waals surface area contributed by atoms with Crippen molar-refractivity contribution in [2.24, 2.45) is 0 Å². The highest BCUT2D eigenvalue weighted by atomic mass is 35.5. The van der Waals surface area contributed by atoms with Gasteiger partial charge in [-0.25, -0.2) is 4.39 Å². The van der Waals surface area contributed by atoms with E-state index in [4.69, 9.17) is 16.3 Å². The lowest BCUT2D eigenvalue weighted by Gasteiger charge is -2.05. The molecule has 0 atom stereocenters. The molecule has 2 aromatic rings. The summed E-state index contributed by atoms with van der Waals surface area (Å²) in [6.07, 6.45) is 0. The van der Waals surface area contributed by atoms with Gasteiger partial charge in [-0.2, -0.15) is 0 Å². The van der Waals surface area contributed by atoms with E-state index in [0.29, 0.717) is 16.3 Å². The SMILES string of the molecule is COc1cccc(C(=O)c2cc(Cl)ccc2F)c1. The van der Waals surface area contributed by atoms with Gasteiger partial charge >= 0.3 is 0 Å². The van der Waals surface area contributed by atoms with Crippen LogP contribution in [0.15, 0.2) is 42.5 Å². The summed E-state index contributed by atoms with van der Waals surface area (Å²) in [6, 6.07) is 10.4. The summed E-state index contributed by atoms with van der Waals surface area (Å²) >= 11 is 5.76. The molecular weight excluding hydrogens is 255 g/mol. The molecular formula is C14H10ClFO2. The number of rotatable bonds is 3. The van der Waals surface area contributed by atoms with Crippen LogP contribution in [0.2, 0.25) is 5.02 Å². The van der Waals surface area contributed by atoms with Gasteiger partial charge in [-0.1, -0.05) is 23.7 Å². The zero-order valence-electron chi connectivity index (χ0n) is 9.61. The highest BCUT2D eigenvalue weighted by molar-refractivity contribution is 6.31. The molecule has 4 heteroatoms. The van der Waals surface area contributed by atoms with Crippen molar-refractivity contribution in [1.29, 1.82) is 0 Å². The Morgan fingerprint density at radius 2 is 2.00 bits per heavy atom. The minimum Gasteiger partial charge on any atom is -0.497 e. The fraction of sp³-hybridized carbons (Fsp3) is 0.0714. The van der Waals surface area contributed by atoms with Gasteiger partial charge in [0.05, 0.1) is 12.7 Å². The van der Waals surface area contributed by atoms with Gasteiger partial charge in [-0.15, -0.1) is 0 Å². The quantitative estimate of drug-likeness (QED) is 0.790. The van der Waals surface area contributed by atoms with Gasteiger partial charge < -0.3 is 4.74 Å². The molecule has 0 aliphatic carbocycles. The monoisotopic (exact) mass is 264 g/mol. The van der Waals surface area contributed by atoms with E-state index in [1.165, 1.54) is 25.3 Å². The number of ether oxygens (including phenoxy) is 1. The van der Waals surface area contributed by atoms with Crippen molar-refractivity contribution in [3.8, 4) is 5.75 Å². The molecule has 0 spiro atoms. The maximum Gasteiger partial charge on any atom is 0.196 e. The van der Waals surface area contributed by atoms with Crippen molar-refractivity contribution in [2.45, 2.75) is 0 Å². The van der Waals surface area contributed by atoms with Crippen LogP contribution >= 0.6 is 11.6 Å². The average Bonchev–Trinajstić information content (AvgIpc) is 2.41. The van der Waals surface area contributed by atoms with E-state index in [1.54, 1.807) is 24.3 Å². The number of halogens is 2. The number of hydrogen-bond donors (Lipinski definition) is 0. The van der Waals surface area contributed by atoms with Crippen LogP contribution in [0.4, 0.5) is 4.39 Å². The first-order valence-electron chi connectivity index (χ1n) is 5.25. The maximum absolute atomic E-state index is 13.6. The molecule has 0 unspecified atom stereocenters. The van der Waals surface area contributed by atoms with E-state index in [0.717, 1.165) is 0 Å². The highest BCUT2D eigenvalue weighted by Crippen LogP contribution is 2.20. The van der Waals surface area contributed by atoms with Crippen LogP contribution in [0.5, 0.6) is 5.75 Å². The molecule has 0 amide bonds. The first kappa shape index (κ1) is 12.6. The minimum atomic E-state index is -0.591. The van der Waals surface area contributed by atoms with Crippen LogP contribution in [0.25, 0.3) is 0 Å². The van der Waals surface area contributed by atoms with Crippen molar-refractivity contribution in [3.63, 3.8) is 0 Å². The summed E-state index contributed by atoms with van der Waals surface area (Å²) in [5.74, 6) is -0.468. The van der Waals surface area contributed by atoms with Crippen LogP contribution in [-0.4, -0.2) is 12.9 Å². The third-order valence-corrected chi connectivity index (χ3v) is 2.74. The van der Waals surface area contributed by atoms with Crippen molar-refractivity contribution in [3.05, 3.63) is 64.4 Å². The first-order valence-corrected chi connectivity index (χ1v) is 5.63. The topological polar surface area (TPSA) is 26.3 Å². The summed E-state index contributed by atoms with van der Waals surface area (Å²) in [5.41, 5.74) is 0.311. The van der Waals surface area contributed by atoms with E-state index in [-0.39, 0.29) is 5.56 Å². The summed E-state index contributed by atoms with van der Waals surface area (Å²) in [5, 5.41) is 0.322. The predicted octanol–water partition coefficient (Wildman–Crippen LogP) is 3.72. The molecule has 0 saturated heterocycles. The van der Waals surface area contributed by atoms with Crippen LogP contribution in [0.3, 0.4) is 0 Å². The summed E-state index contributed by atoms with van der Waals surface area (Å²) in [6.45, 7) is 0. The fourth-order valence-corrected chi connectivity index (χ4v) is 1.76. The van der Waals surface area contributed by atoms with Gasteiger partial charge in [0.2, 0.25) is 0 Å². The summed E-state index contributed by atoms with van der Waals surface area (Å²) in [4.78, 5) is 12.1. The van der Waals surface area contributed by atoms with Crippen LogP contribution in [0.1, 0.15) is 15.9 Å². The van der Waals surface area contributed by atoms with Crippen molar-refractivity contribution >= 4 is 17.4 Å². The Bertz CT molecular complexity index is 596. The lowest BCUT2D eigenvalue weighted by Crippen LogP contribution is -2.04. The molecule has 0 aliphatic heterocycles. The Balaban J connectivity index is 2.44. The summed E-state index contributed by atoms with van der Waals surface area (Å²) < 4.78 is 18.6. The number of methoxy groups -OCH3 is 1. The van der Waals surface area contributed by atoms with Gasteiger partial charge in [-0.05, 0) is 30.3 Å². The third kappa shape index (κ3) is 2.51. The van der Waals surface area contributed by atoms with Crippen LogP contribution in [-0.2, 0) is 0 Å². The standard InChI is InChI=1S/C14H10ClFO2/c1-18-11-4-2-3-9(7-11)14(17)12-8-10(15)5-6-13(12)16/h2-8H,1H3. The zero-order chi connectivity index (χ0) is 13.1. The molecule has 92 valence electrons. The Labute approximate surface area is 109 Å². The predicted molar refractivity (Wildman–Crippen MR) is 67.8 cm³/mol.